The Morgan fingerprint density at radius 1 is 1.36 bits per heavy atom. The molecule has 1 rings (SSSR count). The molecular weight excluding hydrogens is 218 g/mol. The van der Waals surface area contributed by atoms with Gasteiger partial charge in [0.15, 0.2) is 0 Å². The Balaban J connectivity index is 2.79. The Kier molecular flexibility index (Phi) is 2.90. The Morgan fingerprint density at radius 3 is 2.21 bits per heavy atom. The second-order valence-electron chi connectivity index (χ2n) is 2.36. The number of aromatic carboxylic acids is 1. The molecule has 0 N–H and O–H groups in total. The standard InChI is InChI=1S/C8H5ClF2O3/c9-8(10,11)14-6-3-1-5(2-4-6)7(12)13/h1-4H,(H,12,13)/p-1. The van der Waals surface area contributed by atoms with Gasteiger partial charge in [0, 0.05) is 11.6 Å². The number of hydrogen-bond donors (Lipinski definition) is 0. The highest BCUT2D eigenvalue weighted by Crippen LogP contribution is 2.24. The molecule has 1 aromatic carbocycles. The first-order valence-electron chi connectivity index (χ1n) is 3.45. The molecule has 0 heterocycles. The minimum absolute atomic E-state index is 0.129. The third-order valence-electron chi connectivity index (χ3n) is 1.32. The number of ether oxygens (including phenoxy) is 1. The van der Waals surface area contributed by atoms with Crippen LogP contribution in [0.15, 0.2) is 24.3 Å². The van der Waals surface area contributed by atoms with Crippen LogP contribution in [0.2, 0.25) is 0 Å². The van der Waals surface area contributed by atoms with Gasteiger partial charge in [0.25, 0.3) is 0 Å². The number of carboxylic acids is 1. The molecule has 0 aromatic heterocycles. The van der Waals surface area contributed by atoms with E-state index in [4.69, 9.17) is 0 Å². The zero-order valence-corrected chi connectivity index (χ0v) is 7.42. The highest BCUT2D eigenvalue weighted by Gasteiger charge is 2.27. The zero-order chi connectivity index (χ0) is 10.8. The Hall–Kier alpha value is -1.36. The van der Waals surface area contributed by atoms with Crippen molar-refractivity contribution in [2.24, 2.45) is 0 Å². The second kappa shape index (κ2) is 3.79. The van der Waals surface area contributed by atoms with Crippen molar-refractivity contribution in [2.45, 2.75) is 5.57 Å². The van der Waals surface area contributed by atoms with Gasteiger partial charge in [-0.05, 0) is 29.8 Å². The quantitative estimate of drug-likeness (QED) is 0.721. The number of alkyl halides is 3. The largest absolute Gasteiger partial charge is 0.545 e. The molecule has 0 bridgehead atoms. The molecule has 0 aliphatic carbocycles. The monoisotopic (exact) mass is 221 g/mol. The van der Waals surface area contributed by atoms with Gasteiger partial charge >= 0.3 is 5.57 Å². The van der Waals surface area contributed by atoms with Gasteiger partial charge < -0.3 is 14.6 Å². The summed E-state index contributed by atoms with van der Waals surface area (Å²) in [7, 11) is 0. The lowest BCUT2D eigenvalue weighted by Gasteiger charge is -2.10. The van der Waals surface area contributed by atoms with E-state index < -0.39 is 11.5 Å². The van der Waals surface area contributed by atoms with Gasteiger partial charge in [0.1, 0.15) is 5.75 Å². The summed E-state index contributed by atoms with van der Waals surface area (Å²) in [6, 6.07) is 4.27. The van der Waals surface area contributed by atoms with Gasteiger partial charge in [0.2, 0.25) is 0 Å². The second-order valence-corrected chi connectivity index (χ2v) is 2.80. The summed E-state index contributed by atoms with van der Waals surface area (Å²) < 4.78 is 28.1. The van der Waals surface area contributed by atoms with E-state index in [2.05, 4.69) is 16.3 Å². The molecule has 0 spiro atoms. The summed E-state index contributed by atoms with van der Waals surface area (Å²) in [5.41, 5.74) is -3.93. The number of carboxylic acid groups (broad SMARTS) is 1. The fourth-order valence-electron chi connectivity index (χ4n) is 0.793. The van der Waals surface area contributed by atoms with Gasteiger partial charge in [-0.15, -0.1) is 8.78 Å². The van der Waals surface area contributed by atoms with E-state index in [9.17, 15) is 18.7 Å². The number of halogens is 3. The van der Waals surface area contributed by atoms with Crippen LogP contribution in [0.1, 0.15) is 10.4 Å². The number of benzene rings is 1. The highest BCUT2D eigenvalue weighted by molar-refractivity contribution is 6.20. The van der Waals surface area contributed by atoms with Crippen molar-refractivity contribution in [3.05, 3.63) is 29.8 Å². The van der Waals surface area contributed by atoms with Crippen LogP contribution in [0.25, 0.3) is 0 Å². The maximum absolute atomic E-state index is 12.1. The summed E-state index contributed by atoms with van der Waals surface area (Å²) in [6.07, 6.45) is 0. The van der Waals surface area contributed by atoms with Gasteiger partial charge in [-0.25, -0.2) is 0 Å². The summed E-state index contributed by atoms with van der Waals surface area (Å²) in [6.45, 7) is 0. The van der Waals surface area contributed by atoms with Crippen LogP contribution in [-0.2, 0) is 0 Å². The maximum Gasteiger partial charge on any atom is 0.487 e. The van der Waals surface area contributed by atoms with Gasteiger partial charge in [0.05, 0.1) is 5.97 Å². The van der Waals surface area contributed by atoms with Crippen LogP contribution in [-0.4, -0.2) is 11.5 Å². The summed E-state index contributed by atoms with van der Waals surface area (Å²) in [5.74, 6) is -1.62. The van der Waals surface area contributed by atoms with E-state index in [0.29, 0.717) is 0 Å². The molecule has 1 aromatic rings. The first kappa shape index (κ1) is 10.7. The molecule has 76 valence electrons. The van der Waals surface area contributed by atoms with Crippen LogP contribution >= 0.6 is 11.6 Å². The predicted molar refractivity (Wildman–Crippen MR) is 42.2 cm³/mol. The normalized spacial score (nSPS) is 11.1. The Bertz CT molecular complexity index is 331. The van der Waals surface area contributed by atoms with Crippen molar-refractivity contribution in [1.82, 2.24) is 0 Å². The smallest absolute Gasteiger partial charge is 0.487 e. The molecule has 3 nitrogen and oxygen atoms in total. The SMILES string of the molecule is O=C([O-])c1ccc(OC(F)(F)Cl)cc1. The van der Waals surface area contributed by atoms with Crippen LogP contribution in [0.3, 0.4) is 0 Å². The predicted octanol–water partition coefficient (Wildman–Crippen LogP) is 1.22. The Morgan fingerprint density at radius 2 is 1.86 bits per heavy atom. The van der Waals surface area contributed by atoms with E-state index in [-0.39, 0.29) is 11.3 Å². The van der Waals surface area contributed by atoms with Gasteiger partial charge in [-0.2, -0.15) is 0 Å². The molecule has 0 saturated carbocycles. The third kappa shape index (κ3) is 3.18. The molecule has 0 fully saturated rings. The van der Waals surface area contributed by atoms with E-state index in [1.54, 1.807) is 0 Å². The van der Waals surface area contributed by atoms with Crippen molar-refractivity contribution in [1.29, 1.82) is 0 Å². The number of carbonyl (C=O) groups is 1. The highest BCUT2D eigenvalue weighted by atomic mass is 35.5. The van der Waals surface area contributed by atoms with Crippen molar-refractivity contribution < 1.29 is 23.4 Å². The van der Waals surface area contributed by atoms with Gasteiger partial charge in [-0.3, -0.25) is 0 Å². The first-order valence-corrected chi connectivity index (χ1v) is 3.83. The van der Waals surface area contributed by atoms with E-state index in [1.807, 2.05) is 0 Å². The molecule has 0 atom stereocenters. The molecule has 0 aliphatic heterocycles. The Labute approximate surface area is 82.9 Å². The lowest BCUT2D eigenvalue weighted by Crippen LogP contribution is -2.22. The fourth-order valence-corrected chi connectivity index (χ4v) is 0.882. The molecule has 0 amide bonds. The lowest BCUT2D eigenvalue weighted by atomic mass is 10.2. The van der Waals surface area contributed by atoms with Crippen molar-refractivity contribution >= 4 is 17.6 Å². The molecule has 14 heavy (non-hydrogen) atoms. The molecular formula is C8H4ClF2O3-. The summed E-state index contributed by atoms with van der Waals surface area (Å²) in [5, 5.41) is 10.3. The minimum Gasteiger partial charge on any atom is -0.545 e. The van der Waals surface area contributed by atoms with E-state index >= 15 is 0 Å². The van der Waals surface area contributed by atoms with Crippen molar-refractivity contribution in [3.63, 3.8) is 0 Å². The average Bonchev–Trinajstić information content (AvgIpc) is 2.02. The minimum atomic E-state index is -3.80. The van der Waals surface area contributed by atoms with E-state index in [1.165, 1.54) is 0 Å². The number of hydrogen-bond acceptors (Lipinski definition) is 3. The third-order valence-corrected chi connectivity index (χ3v) is 1.40. The topological polar surface area (TPSA) is 49.4 Å². The van der Waals surface area contributed by atoms with E-state index in [0.717, 1.165) is 24.3 Å². The average molecular weight is 222 g/mol. The van der Waals surface area contributed by atoms with Gasteiger partial charge in [-0.1, -0.05) is 0 Å². The summed E-state index contributed by atoms with van der Waals surface area (Å²) >= 11 is 4.49. The molecule has 0 aliphatic rings. The fraction of sp³-hybridized carbons (Fsp3) is 0.125. The van der Waals surface area contributed by atoms with Crippen molar-refractivity contribution in [2.75, 3.05) is 0 Å². The lowest BCUT2D eigenvalue weighted by molar-refractivity contribution is -0.255. The molecule has 6 heteroatoms. The molecule has 0 saturated heterocycles. The van der Waals surface area contributed by atoms with Crippen LogP contribution in [0.4, 0.5) is 8.78 Å². The maximum atomic E-state index is 12.1. The van der Waals surface area contributed by atoms with Crippen molar-refractivity contribution in [3.8, 4) is 5.75 Å². The summed E-state index contributed by atoms with van der Waals surface area (Å²) in [4.78, 5) is 10.3. The van der Waals surface area contributed by atoms with Crippen LogP contribution in [0, 0.1) is 0 Å². The molecule has 0 radical (unpaired) electrons. The number of rotatable bonds is 3. The zero-order valence-electron chi connectivity index (χ0n) is 6.67. The number of carbonyl (C=O) groups excluding carboxylic acids is 1. The molecule has 0 unspecified atom stereocenters. The first-order chi connectivity index (χ1) is 6.38. The van der Waals surface area contributed by atoms with Crippen LogP contribution in [0.5, 0.6) is 5.75 Å². The van der Waals surface area contributed by atoms with Crippen LogP contribution < -0.4 is 9.84 Å².